The van der Waals surface area contributed by atoms with Gasteiger partial charge in [-0.15, -0.1) is 0 Å². The van der Waals surface area contributed by atoms with Crippen molar-refractivity contribution in [1.82, 2.24) is 45.4 Å². The van der Waals surface area contributed by atoms with Crippen LogP contribution in [0.5, 0.6) is 0 Å². The van der Waals surface area contributed by atoms with Gasteiger partial charge < -0.3 is 41.5 Å². The number of nitrogens with zero attached hydrogens (tertiary/aromatic N) is 4. The summed E-state index contributed by atoms with van der Waals surface area (Å²) in [7, 11) is 6.13. The molecule has 276 valence electrons. The Labute approximate surface area is 311 Å². The number of fused-ring (bicyclic) bond motifs is 3. The van der Waals surface area contributed by atoms with Crippen molar-refractivity contribution in [3.63, 3.8) is 0 Å². The van der Waals surface area contributed by atoms with E-state index in [4.69, 9.17) is 10.7 Å². The summed E-state index contributed by atoms with van der Waals surface area (Å²) < 4.78 is 0. The largest absolute Gasteiger partial charge is 0.385 e. The lowest BCUT2D eigenvalue weighted by molar-refractivity contribution is 0.232. The maximum absolute atomic E-state index is 6.45. The van der Waals surface area contributed by atoms with Crippen LogP contribution in [0.25, 0.3) is 55.5 Å². The number of nitrogens with one attached hydrogen (secondary N) is 6. The SMILES string of the molecule is CNc1c(N)ncc(Cc2nc3nccc(-c4cc5cc(CNCC(C)C)ccc5[nH]4)c3[nH]2)c1-c1cc2cc(CNCC(C)(C)CN(C)C)ccc2[nH]1. The second-order valence-electron chi connectivity index (χ2n) is 15.8. The van der Waals surface area contributed by atoms with Crippen LogP contribution in [0.2, 0.25) is 0 Å². The van der Waals surface area contributed by atoms with Gasteiger partial charge in [-0.25, -0.2) is 15.0 Å². The molecule has 0 bridgehead atoms. The first-order valence-corrected chi connectivity index (χ1v) is 18.6. The van der Waals surface area contributed by atoms with Gasteiger partial charge in [-0.1, -0.05) is 39.8 Å². The number of nitrogens with two attached hydrogens (primary N) is 1. The molecule has 11 nitrogen and oxygen atoms in total. The molecule has 0 amide bonds. The van der Waals surface area contributed by atoms with Gasteiger partial charge in [0, 0.05) is 96.4 Å². The standard InChI is InChI=1S/C42H53N11/c1-25(2)19-45-20-26-8-10-32-28(14-26)16-34(49-32)31-12-13-47-41-38(31)51-36(52-41)18-30-22-48-40(43)39(44-5)37(30)35-17-29-15-27(9-11-33(29)50-35)21-46-23-42(3,4)24-53(6)7/h8-17,22,25,44-46,49-50H,18-21,23-24H2,1-7H3,(H2,43,48)(H,47,51,52). The lowest BCUT2D eigenvalue weighted by Gasteiger charge is -2.28. The molecule has 0 radical (unpaired) electrons. The summed E-state index contributed by atoms with van der Waals surface area (Å²) >= 11 is 0. The Morgan fingerprint density at radius 1 is 0.849 bits per heavy atom. The predicted octanol–water partition coefficient (Wildman–Crippen LogP) is 7.29. The topological polar surface area (TPSA) is 151 Å². The Kier molecular flexibility index (Phi) is 10.2. The first-order valence-electron chi connectivity index (χ1n) is 18.6. The molecule has 7 rings (SSSR count). The fourth-order valence-electron chi connectivity index (χ4n) is 7.53. The molecule has 7 aromatic rings. The summed E-state index contributed by atoms with van der Waals surface area (Å²) in [5.41, 5.74) is 18.6. The molecule has 2 aromatic carbocycles. The Balaban J connectivity index is 1.16. The summed E-state index contributed by atoms with van der Waals surface area (Å²) in [5, 5.41) is 12.8. The molecule has 0 aliphatic carbocycles. The van der Waals surface area contributed by atoms with E-state index in [0.29, 0.717) is 23.8 Å². The van der Waals surface area contributed by atoms with Gasteiger partial charge in [0.25, 0.3) is 0 Å². The van der Waals surface area contributed by atoms with Crippen LogP contribution < -0.4 is 21.7 Å². The van der Waals surface area contributed by atoms with E-state index >= 15 is 0 Å². The van der Waals surface area contributed by atoms with Gasteiger partial charge >= 0.3 is 0 Å². The minimum absolute atomic E-state index is 0.180. The van der Waals surface area contributed by atoms with Crippen LogP contribution in [0.1, 0.15) is 50.2 Å². The van der Waals surface area contributed by atoms with E-state index < -0.39 is 0 Å². The molecule has 0 fully saturated rings. The third-order valence-corrected chi connectivity index (χ3v) is 9.72. The number of hydrogen-bond donors (Lipinski definition) is 7. The van der Waals surface area contributed by atoms with Crippen molar-refractivity contribution in [1.29, 1.82) is 0 Å². The highest BCUT2D eigenvalue weighted by atomic mass is 15.1. The Morgan fingerprint density at radius 3 is 2.21 bits per heavy atom. The van der Waals surface area contributed by atoms with Crippen LogP contribution in [-0.2, 0) is 19.5 Å². The van der Waals surface area contributed by atoms with Gasteiger partial charge in [0.15, 0.2) is 5.65 Å². The van der Waals surface area contributed by atoms with Gasteiger partial charge in [-0.3, -0.25) is 0 Å². The summed E-state index contributed by atoms with van der Waals surface area (Å²) in [5.74, 6) is 1.86. The van der Waals surface area contributed by atoms with E-state index in [2.05, 4.69) is 136 Å². The number of nitrogen functional groups attached to an aromatic ring is 1. The van der Waals surface area contributed by atoms with E-state index in [1.807, 2.05) is 25.5 Å². The van der Waals surface area contributed by atoms with E-state index in [0.717, 1.165) is 94.3 Å². The number of hydrogen-bond acceptors (Lipinski definition) is 8. The van der Waals surface area contributed by atoms with E-state index in [9.17, 15) is 0 Å². The molecular formula is C42H53N11. The molecule has 5 heterocycles. The molecule has 0 saturated heterocycles. The molecule has 0 aliphatic rings. The molecule has 0 saturated carbocycles. The van der Waals surface area contributed by atoms with E-state index in [-0.39, 0.29) is 5.41 Å². The van der Waals surface area contributed by atoms with Crippen LogP contribution in [0.3, 0.4) is 0 Å². The van der Waals surface area contributed by atoms with Crippen LogP contribution in [0.4, 0.5) is 11.5 Å². The fraction of sp³-hybridized carbons (Fsp3) is 0.357. The summed E-state index contributed by atoms with van der Waals surface area (Å²) in [6.45, 7) is 13.7. The highest BCUT2D eigenvalue weighted by molar-refractivity contribution is 5.95. The minimum Gasteiger partial charge on any atom is -0.385 e. The third-order valence-electron chi connectivity index (χ3n) is 9.72. The van der Waals surface area contributed by atoms with Crippen molar-refractivity contribution in [2.75, 3.05) is 51.8 Å². The number of H-pyrrole nitrogens is 3. The predicted molar refractivity (Wildman–Crippen MR) is 220 cm³/mol. The first-order chi connectivity index (χ1) is 25.5. The molecule has 53 heavy (non-hydrogen) atoms. The molecule has 0 atom stereocenters. The number of anilines is 2. The summed E-state index contributed by atoms with van der Waals surface area (Å²) in [4.78, 5) is 27.3. The van der Waals surface area contributed by atoms with Crippen molar-refractivity contribution in [2.45, 2.75) is 47.2 Å². The van der Waals surface area contributed by atoms with Gasteiger partial charge in [0.2, 0.25) is 0 Å². The van der Waals surface area contributed by atoms with Crippen LogP contribution >= 0.6 is 0 Å². The van der Waals surface area contributed by atoms with Gasteiger partial charge in [-0.2, -0.15) is 0 Å². The minimum atomic E-state index is 0.180. The molecule has 5 aromatic heterocycles. The number of benzene rings is 2. The Hall–Kier alpha value is -5.23. The maximum Gasteiger partial charge on any atom is 0.178 e. The second-order valence-corrected chi connectivity index (χ2v) is 15.8. The quantitative estimate of drug-likeness (QED) is 0.0586. The Morgan fingerprint density at radius 2 is 1.53 bits per heavy atom. The first kappa shape index (κ1) is 36.1. The number of aromatic amines is 3. The van der Waals surface area contributed by atoms with Crippen LogP contribution in [0.15, 0.2) is 67.0 Å². The second kappa shape index (κ2) is 15.0. The Bertz CT molecular complexity index is 2360. The van der Waals surface area contributed by atoms with Gasteiger partial charge in [0.1, 0.15) is 11.6 Å². The third kappa shape index (κ3) is 8.07. The average Bonchev–Trinajstić information content (AvgIpc) is 3.84. The molecule has 8 N–H and O–H groups in total. The lowest BCUT2D eigenvalue weighted by Crippen LogP contribution is -2.37. The van der Waals surface area contributed by atoms with Gasteiger partial charge in [-0.05, 0) is 91.1 Å². The van der Waals surface area contributed by atoms with Crippen molar-refractivity contribution in [3.8, 4) is 22.5 Å². The van der Waals surface area contributed by atoms with Crippen LogP contribution in [-0.4, -0.2) is 75.6 Å². The molecule has 0 unspecified atom stereocenters. The summed E-state index contributed by atoms with van der Waals surface area (Å²) in [6.07, 6.45) is 4.19. The molecular weight excluding hydrogens is 659 g/mol. The molecule has 0 spiro atoms. The van der Waals surface area contributed by atoms with E-state index in [1.54, 1.807) is 0 Å². The van der Waals surface area contributed by atoms with Crippen molar-refractivity contribution >= 4 is 44.5 Å². The number of imidazole rings is 1. The maximum atomic E-state index is 6.45. The monoisotopic (exact) mass is 711 g/mol. The van der Waals surface area contributed by atoms with Crippen molar-refractivity contribution in [2.24, 2.45) is 11.3 Å². The van der Waals surface area contributed by atoms with Crippen LogP contribution in [0, 0.1) is 11.3 Å². The average molecular weight is 712 g/mol. The highest BCUT2D eigenvalue weighted by Gasteiger charge is 2.21. The zero-order chi connectivity index (χ0) is 37.3. The smallest absolute Gasteiger partial charge is 0.178 e. The molecule has 11 heteroatoms. The van der Waals surface area contributed by atoms with Crippen molar-refractivity contribution in [3.05, 3.63) is 89.5 Å². The molecule has 0 aliphatic heterocycles. The van der Waals surface area contributed by atoms with E-state index in [1.165, 1.54) is 16.5 Å². The number of pyridine rings is 2. The number of rotatable bonds is 15. The van der Waals surface area contributed by atoms with Gasteiger partial charge in [0.05, 0.1) is 11.2 Å². The zero-order valence-corrected chi connectivity index (χ0v) is 32.0. The normalized spacial score (nSPS) is 12.3. The fourth-order valence-corrected chi connectivity index (χ4v) is 7.53. The highest BCUT2D eigenvalue weighted by Crippen LogP contribution is 2.37. The lowest BCUT2D eigenvalue weighted by atomic mass is 9.93. The summed E-state index contributed by atoms with van der Waals surface area (Å²) in [6, 6.07) is 19.6. The van der Waals surface area contributed by atoms with Crippen molar-refractivity contribution < 1.29 is 0 Å². The number of aromatic nitrogens is 6. The zero-order valence-electron chi connectivity index (χ0n) is 32.0.